The molecule has 5 heteroatoms. The molecule has 0 aliphatic carbocycles. The highest BCUT2D eigenvalue weighted by Crippen LogP contribution is 2.23. The van der Waals surface area contributed by atoms with Gasteiger partial charge < -0.3 is 19.7 Å². The predicted molar refractivity (Wildman–Crippen MR) is 103 cm³/mol. The lowest BCUT2D eigenvalue weighted by Crippen LogP contribution is -2.41. The van der Waals surface area contributed by atoms with Crippen LogP contribution in [0.2, 0.25) is 0 Å². The third kappa shape index (κ3) is 6.58. The van der Waals surface area contributed by atoms with Crippen molar-refractivity contribution >= 4 is 5.96 Å². The van der Waals surface area contributed by atoms with Crippen LogP contribution in [-0.2, 0) is 11.3 Å². The van der Waals surface area contributed by atoms with Crippen molar-refractivity contribution in [3.8, 4) is 5.75 Å². The van der Waals surface area contributed by atoms with Gasteiger partial charge in [-0.15, -0.1) is 0 Å². The van der Waals surface area contributed by atoms with Crippen LogP contribution in [0.15, 0.2) is 29.3 Å². The average Bonchev–Trinajstić information content (AvgIpc) is 3.04. The van der Waals surface area contributed by atoms with Gasteiger partial charge in [-0.3, -0.25) is 0 Å². The van der Waals surface area contributed by atoms with Gasteiger partial charge in [0.2, 0.25) is 0 Å². The summed E-state index contributed by atoms with van der Waals surface area (Å²) in [5.74, 6) is 2.42. The zero-order valence-electron chi connectivity index (χ0n) is 16.3. The van der Waals surface area contributed by atoms with Gasteiger partial charge in [-0.1, -0.05) is 18.2 Å². The summed E-state index contributed by atoms with van der Waals surface area (Å²) in [7, 11) is 2.09. The topological polar surface area (TPSA) is 46.1 Å². The number of ether oxygens (including phenoxy) is 2. The first kappa shape index (κ1) is 19.6. The van der Waals surface area contributed by atoms with Crippen LogP contribution in [-0.4, -0.2) is 49.8 Å². The van der Waals surface area contributed by atoms with Crippen LogP contribution in [0.4, 0.5) is 0 Å². The molecule has 0 aromatic heterocycles. The molecule has 2 rings (SSSR count). The number of nitrogens with one attached hydrogen (secondary N) is 1. The number of aliphatic imine (C=N–C) groups is 1. The van der Waals surface area contributed by atoms with E-state index in [1.807, 2.05) is 18.2 Å². The van der Waals surface area contributed by atoms with Crippen molar-refractivity contribution in [2.24, 2.45) is 10.9 Å². The molecule has 25 heavy (non-hydrogen) atoms. The minimum atomic E-state index is -0.219. The van der Waals surface area contributed by atoms with Gasteiger partial charge >= 0.3 is 0 Å². The summed E-state index contributed by atoms with van der Waals surface area (Å²) in [4.78, 5) is 7.03. The normalized spacial score (nSPS) is 18.3. The highest BCUT2D eigenvalue weighted by Gasteiger charge is 2.19. The number of para-hydroxylation sites is 1. The van der Waals surface area contributed by atoms with E-state index in [0.29, 0.717) is 12.5 Å². The van der Waals surface area contributed by atoms with Crippen molar-refractivity contribution in [1.29, 1.82) is 0 Å². The number of nitrogens with zero attached hydrogens (tertiary/aromatic N) is 2. The molecule has 1 unspecified atom stereocenters. The van der Waals surface area contributed by atoms with E-state index in [1.165, 1.54) is 0 Å². The molecule has 1 aliphatic heterocycles. The van der Waals surface area contributed by atoms with Crippen LogP contribution in [0.5, 0.6) is 5.75 Å². The first-order chi connectivity index (χ1) is 11.9. The molecule has 1 aromatic rings. The van der Waals surface area contributed by atoms with Crippen molar-refractivity contribution < 1.29 is 9.47 Å². The van der Waals surface area contributed by atoms with Gasteiger partial charge in [-0.05, 0) is 40.2 Å². The van der Waals surface area contributed by atoms with E-state index in [1.54, 1.807) is 0 Å². The lowest BCUT2D eigenvalue weighted by atomic mass is 10.1. The first-order valence-electron chi connectivity index (χ1n) is 9.23. The minimum absolute atomic E-state index is 0.219. The van der Waals surface area contributed by atoms with E-state index in [0.717, 1.165) is 50.0 Å². The third-order valence-electron chi connectivity index (χ3n) is 4.04. The van der Waals surface area contributed by atoms with Crippen molar-refractivity contribution in [3.63, 3.8) is 0 Å². The molecule has 0 amide bonds. The van der Waals surface area contributed by atoms with E-state index in [4.69, 9.17) is 14.5 Å². The highest BCUT2D eigenvalue weighted by molar-refractivity contribution is 5.79. The molecule has 1 heterocycles. The van der Waals surface area contributed by atoms with Crippen molar-refractivity contribution in [1.82, 2.24) is 10.2 Å². The zero-order chi connectivity index (χ0) is 18.3. The number of benzene rings is 1. The maximum Gasteiger partial charge on any atom is 0.193 e. The fraction of sp³-hybridized carbons (Fsp3) is 0.650. The summed E-state index contributed by atoms with van der Waals surface area (Å²) in [6.45, 7) is 12.4. The Hall–Kier alpha value is -1.75. The van der Waals surface area contributed by atoms with Gasteiger partial charge in [0.05, 0.1) is 13.2 Å². The van der Waals surface area contributed by atoms with E-state index in [9.17, 15) is 0 Å². The molecule has 1 N–H and O–H groups in total. The molecule has 1 saturated heterocycles. The van der Waals surface area contributed by atoms with Crippen molar-refractivity contribution in [2.45, 2.75) is 46.3 Å². The molecule has 1 atom stereocenters. The number of hydrogen-bond acceptors (Lipinski definition) is 3. The lowest BCUT2D eigenvalue weighted by Gasteiger charge is -2.25. The Morgan fingerprint density at radius 3 is 2.76 bits per heavy atom. The second-order valence-corrected chi connectivity index (χ2v) is 7.60. The Kier molecular flexibility index (Phi) is 7.12. The minimum Gasteiger partial charge on any atom is -0.488 e. The predicted octanol–water partition coefficient (Wildman–Crippen LogP) is 3.30. The van der Waals surface area contributed by atoms with Crippen LogP contribution in [0.3, 0.4) is 0 Å². The summed E-state index contributed by atoms with van der Waals surface area (Å²) in [6, 6.07) is 8.14. The summed E-state index contributed by atoms with van der Waals surface area (Å²) in [5, 5.41) is 3.39. The first-order valence-corrected chi connectivity index (χ1v) is 9.23. The van der Waals surface area contributed by atoms with E-state index in [-0.39, 0.29) is 5.60 Å². The SMILES string of the molecule is CCNC(=NCc1ccccc1OC(C)(C)C)N(C)CC1CCOC1. The Bertz CT molecular complexity index is 560. The van der Waals surface area contributed by atoms with Crippen LogP contribution in [0.1, 0.15) is 39.7 Å². The highest BCUT2D eigenvalue weighted by atomic mass is 16.5. The van der Waals surface area contributed by atoms with E-state index in [2.05, 4.69) is 51.0 Å². The fourth-order valence-electron chi connectivity index (χ4n) is 2.89. The van der Waals surface area contributed by atoms with Gasteiger partial charge in [-0.2, -0.15) is 0 Å². The molecular formula is C20H33N3O2. The molecule has 0 saturated carbocycles. The van der Waals surface area contributed by atoms with Crippen LogP contribution >= 0.6 is 0 Å². The molecular weight excluding hydrogens is 314 g/mol. The Morgan fingerprint density at radius 2 is 2.12 bits per heavy atom. The van der Waals surface area contributed by atoms with Gasteiger partial charge in [0.15, 0.2) is 5.96 Å². The average molecular weight is 348 g/mol. The Morgan fingerprint density at radius 1 is 1.36 bits per heavy atom. The van der Waals surface area contributed by atoms with Crippen LogP contribution < -0.4 is 10.1 Å². The van der Waals surface area contributed by atoms with Gasteiger partial charge in [0.1, 0.15) is 11.4 Å². The standard InChI is InChI=1S/C20H33N3O2/c1-6-21-19(23(5)14-16-11-12-24-15-16)22-13-17-9-7-8-10-18(17)25-20(2,3)4/h7-10,16H,6,11-15H2,1-5H3,(H,21,22). The molecule has 1 fully saturated rings. The molecule has 140 valence electrons. The summed E-state index contributed by atoms with van der Waals surface area (Å²) >= 11 is 0. The van der Waals surface area contributed by atoms with Gasteiger partial charge in [0, 0.05) is 38.2 Å². The molecule has 5 nitrogen and oxygen atoms in total. The lowest BCUT2D eigenvalue weighted by molar-refractivity contribution is 0.129. The molecule has 0 spiro atoms. The smallest absolute Gasteiger partial charge is 0.193 e. The van der Waals surface area contributed by atoms with Crippen molar-refractivity contribution in [2.75, 3.05) is 33.4 Å². The summed E-state index contributed by atoms with van der Waals surface area (Å²) in [5.41, 5.74) is 0.884. The molecule has 0 bridgehead atoms. The van der Waals surface area contributed by atoms with E-state index < -0.39 is 0 Å². The Labute approximate surface area is 152 Å². The summed E-state index contributed by atoms with van der Waals surface area (Å²) < 4.78 is 11.6. The van der Waals surface area contributed by atoms with Crippen molar-refractivity contribution in [3.05, 3.63) is 29.8 Å². The second kappa shape index (κ2) is 9.09. The monoisotopic (exact) mass is 347 g/mol. The van der Waals surface area contributed by atoms with Gasteiger partial charge in [-0.25, -0.2) is 4.99 Å². The van der Waals surface area contributed by atoms with Gasteiger partial charge in [0.25, 0.3) is 0 Å². The maximum absolute atomic E-state index is 6.07. The number of hydrogen-bond donors (Lipinski definition) is 1. The second-order valence-electron chi connectivity index (χ2n) is 7.60. The number of guanidine groups is 1. The zero-order valence-corrected chi connectivity index (χ0v) is 16.3. The largest absolute Gasteiger partial charge is 0.488 e. The van der Waals surface area contributed by atoms with Crippen LogP contribution in [0, 0.1) is 5.92 Å². The summed E-state index contributed by atoms with van der Waals surface area (Å²) in [6.07, 6.45) is 1.13. The molecule has 0 radical (unpaired) electrons. The Balaban J connectivity index is 2.07. The quantitative estimate of drug-likeness (QED) is 0.633. The molecule has 1 aromatic carbocycles. The third-order valence-corrected chi connectivity index (χ3v) is 4.04. The molecule has 1 aliphatic rings. The van der Waals surface area contributed by atoms with E-state index >= 15 is 0 Å². The number of rotatable bonds is 6. The fourth-order valence-corrected chi connectivity index (χ4v) is 2.89. The maximum atomic E-state index is 6.07. The van der Waals surface area contributed by atoms with Crippen LogP contribution in [0.25, 0.3) is 0 Å².